The number of phenolic OH excluding ortho intramolecular Hbond substituents is 1. The second-order valence-electron chi connectivity index (χ2n) is 3.94. The fraction of sp³-hybridized carbons (Fsp3) is 0.0714. The molecule has 0 fully saturated rings. The average molecular weight is 245 g/mol. The first-order chi connectivity index (χ1) is 8.58. The van der Waals surface area contributed by atoms with Gasteiger partial charge in [-0.1, -0.05) is 12.1 Å². The topological polar surface area (TPSA) is 49.3 Å². The third kappa shape index (κ3) is 2.48. The summed E-state index contributed by atoms with van der Waals surface area (Å²) >= 11 is 0. The number of para-hydroxylation sites is 1. The third-order valence-corrected chi connectivity index (χ3v) is 2.56. The van der Waals surface area contributed by atoms with Gasteiger partial charge in [-0.2, -0.15) is 0 Å². The molecule has 0 atom stereocenters. The molecule has 92 valence electrons. The Bertz CT molecular complexity index is 596. The molecule has 3 nitrogen and oxygen atoms in total. The van der Waals surface area contributed by atoms with E-state index < -0.39 is 5.91 Å². The summed E-state index contributed by atoms with van der Waals surface area (Å²) in [6.07, 6.45) is 0. The first kappa shape index (κ1) is 12.1. The largest absolute Gasteiger partial charge is 0.507 e. The van der Waals surface area contributed by atoms with Crippen LogP contribution in [-0.4, -0.2) is 11.0 Å². The standard InChI is InChI=1S/C14H12FNO2/c1-9-8-10(6-7-12(9)15)16-14(18)11-4-2-3-5-13(11)17/h2-8,17H,1H3,(H,16,18). The van der Waals surface area contributed by atoms with Gasteiger partial charge in [0.1, 0.15) is 11.6 Å². The quantitative estimate of drug-likeness (QED) is 0.854. The Hall–Kier alpha value is -2.36. The highest BCUT2D eigenvalue weighted by molar-refractivity contribution is 6.06. The lowest BCUT2D eigenvalue weighted by molar-refractivity contribution is 0.102. The van der Waals surface area contributed by atoms with Crippen molar-refractivity contribution < 1.29 is 14.3 Å². The van der Waals surface area contributed by atoms with E-state index in [9.17, 15) is 14.3 Å². The normalized spacial score (nSPS) is 10.1. The molecule has 0 aliphatic carbocycles. The number of nitrogens with one attached hydrogen (secondary N) is 1. The maximum absolute atomic E-state index is 13.1. The van der Waals surface area contributed by atoms with Crippen LogP contribution in [0.4, 0.5) is 10.1 Å². The van der Waals surface area contributed by atoms with Gasteiger partial charge >= 0.3 is 0 Å². The van der Waals surface area contributed by atoms with Crippen molar-refractivity contribution in [3.63, 3.8) is 0 Å². The Morgan fingerprint density at radius 3 is 2.61 bits per heavy atom. The minimum absolute atomic E-state index is 0.0890. The van der Waals surface area contributed by atoms with Gasteiger partial charge in [0.05, 0.1) is 5.56 Å². The molecule has 4 heteroatoms. The van der Waals surface area contributed by atoms with Gasteiger partial charge in [0.15, 0.2) is 0 Å². The van der Waals surface area contributed by atoms with Gasteiger partial charge in [0, 0.05) is 5.69 Å². The molecule has 0 aliphatic heterocycles. The summed E-state index contributed by atoms with van der Waals surface area (Å²) in [6, 6.07) is 10.5. The first-order valence-corrected chi connectivity index (χ1v) is 5.43. The van der Waals surface area contributed by atoms with Gasteiger partial charge in [-0.25, -0.2) is 4.39 Å². The molecule has 0 aromatic heterocycles. The van der Waals surface area contributed by atoms with Gasteiger partial charge in [-0.3, -0.25) is 4.79 Å². The molecule has 1 amide bonds. The average Bonchev–Trinajstić information content (AvgIpc) is 2.34. The van der Waals surface area contributed by atoms with E-state index in [4.69, 9.17) is 0 Å². The van der Waals surface area contributed by atoms with E-state index in [1.165, 1.54) is 30.3 Å². The molecule has 0 saturated heterocycles. The van der Waals surface area contributed by atoms with E-state index in [1.54, 1.807) is 19.1 Å². The van der Waals surface area contributed by atoms with Gasteiger partial charge in [0.2, 0.25) is 0 Å². The second-order valence-corrected chi connectivity index (χ2v) is 3.94. The predicted molar refractivity (Wildman–Crippen MR) is 67.2 cm³/mol. The molecule has 2 N–H and O–H groups in total. The molecule has 18 heavy (non-hydrogen) atoms. The first-order valence-electron chi connectivity index (χ1n) is 5.43. The lowest BCUT2D eigenvalue weighted by Crippen LogP contribution is -2.12. The molecule has 0 spiro atoms. The lowest BCUT2D eigenvalue weighted by atomic mass is 10.1. The number of benzene rings is 2. The van der Waals surface area contributed by atoms with Crippen molar-refractivity contribution in [2.45, 2.75) is 6.92 Å². The molecule has 0 unspecified atom stereocenters. The van der Waals surface area contributed by atoms with Crippen molar-refractivity contribution in [3.05, 3.63) is 59.4 Å². The van der Waals surface area contributed by atoms with Crippen LogP contribution in [0, 0.1) is 12.7 Å². The van der Waals surface area contributed by atoms with Crippen LogP contribution in [0.1, 0.15) is 15.9 Å². The Labute approximate surface area is 104 Å². The van der Waals surface area contributed by atoms with Crippen molar-refractivity contribution in [2.75, 3.05) is 5.32 Å². The lowest BCUT2D eigenvalue weighted by Gasteiger charge is -2.07. The van der Waals surface area contributed by atoms with Crippen molar-refractivity contribution in [1.82, 2.24) is 0 Å². The number of anilines is 1. The zero-order valence-electron chi connectivity index (χ0n) is 9.77. The minimum atomic E-state index is -0.431. The number of hydrogen-bond acceptors (Lipinski definition) is 2. The Morgan fingerprint density at radius 1 is 1.22 bits per heavy atom. The fourth-order valence-corrected chi connectivity index (χ4v) is 1.59. The van der Waals surface area contributed by atoms with E-state index in [1.807, 2.05) is 0 Å². The van der Waals surface area contributed by atoms with Crippen LogP contribution in [0.5, 0.6) is 5.75 Å². The highest BCUT2D eigenvalue weighted by atomic mass is 19.1. The number of aryl methyl sites for hydroxylation is 1. The monoisotopic (exact) mass is 245 g/mol. The molecule has 0 saturated carbocycles. The molecule has 0 aliphatic rings. The third-order valence-electron chi connectivity index (χ3n) is 2.56. The van der Waals surface area contributed by atoms with Crippen LogP contribution < -0.4 is 5.32 Å². The van der Waals surface area contributed by atoms with E-state index >= 15 is 0 Å². The van der Waals surface area contributed by atoms with Crippen molar-refractivity contribution in [1.29, 1.82) is 0 Å². The van der Waals surface area contributed by atoms with E-state index in [2.05, 4.69) is 5.32 Å². The maximum Gasteiger partial charge on any atom is 0.259 e. The molecular weight excluding hydrogens is 233 g/mol. The van der Waals surface area contributed by atoms with Crippen LogP contribution in [0.2, 0.25) is 0 Å². The summed E-state index contributed by atoms with van der Waals surface area (Å²) in [6.45, 7) is 1.62. The Morgan fingerprint density at radius 2 is 1.94 bits per heavy atom. The minimum Gasteiger partial charge on any atom is -0.507 e. The number of aromatic hydroxyl groups is 1. The number of hydrogen-bond donors (Lipinski definition) is 2. The van der Waals surface area contributed by atoms with E-state index in [0.29, 0.717) is 11.3 Å². The number of phenols is 1. The number of carbonyl (C=O) groups excluding carboxylic acids is 1. The maximum atomic E-state index is 13.1. The van der Waals surface area contributed by atoms with E-state index in [0.717, 1.165) is 0 Å². The number of halogens is 1. The van der Waals surface area contributed by atoms with Gasteiger partial charge in [-0.05, 0) is 42.8 Å². The van der Waals surface area contributed by atoms with Gasteiger partial charge in [0.25, 0.3) is 5.91 Å². The molecular formula is C14H12FNO2. The highest BCUT2D eigenvalue weighted by Crippen LogP contribution is 2.19. The van der Waals surface area contributed by atoms with Crippen LogP contribution in [-0.2, 0) is 0 Å². The van der Waals surface area contributed by atoms with Crippen molar-refractivity contribution in [2.24, 2.45) is 0 Å². The van der Waals surface area contributed by atoms with Crippen LogP contribution in [0.15, 0.2) is 42.5 Å². The predicted octanol–water partition coefficient (Wildman–Crippen LogP) is 3.09. The zero-order chi connectivity index (χ0) is 13.1. The van der Waals surface area contributed by atoms with Crippen molar-refractivity contribution in [3.8, 4) is 5.75 Å². The molecule has 0 bridgehead atoms. The summed E-state index contributed by atoms with van der Waals surface area (Å²) in [5.41, 5.74) is 1.12. The van der Waals surface area contributed by atoms with Crippen LogP contribution in [0.25, 0.3) is 0 Å². The highest BCUT2D eigenvalue weighted by Gasteiger charge is 2.10. The molecule has 0 radical (unpaired) electrons. The molecule has 0 heterocycles. The summed E-state index contributed by atoms with van der Waals surface area (Å²) in [5, 5.41) is 12.1. The Kier molecular flexibility index (Phi) is 3.28. The van der Waals surface area contributed by atoms with Gasteiger partial charge in [-0.15, -0.1) is 0 Å². The summed E-state index contributed by atoms with van der Waals surface area (Å²) in [7, 11) is 0. The smallest absolute Gasteiger partial charge is 0.259 e. The molecule has 2 rings (SSSR count). The number of rotatable bonds is 2. The van der Waals surface area contributed by atoms with Crippen LogP contribution in [0.3, 0.4) is 0 Å². The second kappa shape index (κ2) is 4.87. The molecule has 2 aromatic carbocycles. The van der Waals surface area contributed by atoms with Gasteiger partial charge < -0.3 is 10.4 Å². The SMILES string of the molecule is Cc1cc(NC(=O)c2ccccc2O)ccc1F. The summed E-state index contributed by atoms with van der Waals surface area (Å²) in [4.78, 5) is 11.9. The number of amides is 1. The van der Waals surface area contributed by atoms with Crippen LogP contribution >= 0.6 is 0 Å². The Balaban J connectivity index is 2.22. The summed E-state index contributed by atoms with van der Waals surface area (Å²) in [5.74, 6) is -0.844. The summed E-state index contributed by atoms with van der Waals surface area (Å²) < 4.78 is 13.1. The van der Waals surface area contributed by atoms with Crippen molar-refractivity contribution >= 4 is 11.6 Å². The zero-order valence-corrected chi connectivity index (χ0v) is 9.77. The van der Waals surface area contributed by atoms with E-state index in [-0.39, 0.29) is 17.1 Å². The number of carbonyl (C=O) groups is 1. The fourth-order valence-electron chi connectivity index (χ4n) is 1.59. The molecule has 2 aromatic rings.